The maximum atomic E-state index is 11.2. The van der Waals surface area contributed by atoms with Crippen LogP contribution in [0.2, 0.25) is 0 Å². The molecule has 0 bridgehead atoms. The highest BCUT2D eigenvalue weighted by molar-refractivity contribution is 5.75. The molecule has 2 N–H and O–H groups in total. The second-order valence-corrected chi connectivity index (χ2v) is 3.76. The van der Waals surface area contributed by atoms with Gasteiger partial charge in [-0.15, -0.1) is 0 Å². The molecule has 0 fully saturated rings. The Hall–Kier alpha value is -0.610. The Labute approximate surface area is 92.4 Å². The predicted octanol–water partition coefficient (Wildman–Crippen LogP) is 1.94. The fraction of sp³-hybridized carbons (Fsp3) is 0.909. The molecule has 0 aromatic heterocycles. The Balaban J connectivity index is 3.11. The average Bonchev–Trinajstić information content (AvgIpc) is 2.24. The maximum Gasteiger partial charge on any atom is 0.219 e. The molecule has 90 valence electrons. The molecule has 0 saturated carbocycles. The van der Waals surface area contributed by atoms with Gasteiger partial charge in [0.2, 0.25) is 5.91 Å². The van der Waals surface area contributed by atoms with Gasteiger partial charge in [0.1, 0.15) is 0 Å². The summed E-state index contributed by atoms with van der Waals surface area (Å²) in [5.41, 5.74) is 1.81. The summed E-state index contributed by atoms with van der Waals surface area (Å²) < 4.78 is 0. The topological polar surface area (TPSA) is 64.2 Å². The van der Waals surface area contributed by atoms with Gasteiger partial charge in [-0.25, -0.2) is 0 Å². The van der Waals surface area contributed by atoms with Gasteiger partial charge in [0, 0.05) is 13.0 Å². The van der Waals surface area contributed by atoms with Crippen LogP contribution in [0, 0.1) is 5.21 Å². The van der Waals surface area contributed by atoms with Gasteiger partial charge >= 0.3 is 0 Å². The molecule has 0 aliphatic rings. The van der Waals surface area contributed by atoms with Gasteiger partial charge < -0.3 is 16.0 Å². The second kappa shape index (κ2) is 11.5. The van der Waals surface area contributed by atoms with E-state index in [1.54, 1.807) is 5.48 Å². The first-order valence-corrected chi connectivity index (χ1v) is 5.93. The lowest BCUT2D eigenvalue weighted by Crippen LogP contribution is -2.25. The predicted molar refractivity (Wildman–Crippen MR) is 62.4 cm³/mol. The molecular formula is C11H23N2O2-. The van der Waals surface area contributed by atoms with E-state index in [9.17, 15) is 10.0 Å². The van der Waals surface area contributed by atoms with Crippen molar-refractivity contribution in [2.75, 3.05) is 13.1 Å². The maximum absolute atomic E-state index is 11.2. The zero-order chi connectivity index (χ0) is 11.4. The van der Waals surface area contributed by atoms with E-state index in [2.05, 4.69) is 12.2 Å². The summed E-state index contributed by atoms with van der Waals surface area (Å²) in [5.74, 6) is 0.109. The van der Waals surface area contributed by atoms with Crippen LogP contribution in [-0.2, 0) is 4.79 Å². The fourth-order valence-electron chi connectivity index (χ4n) is 1.37. The zero-order valence-electron chi connectivity index (χ0n) is 9.68. The molecule has 0 heterocycles. The number of unbranched alkanes of at least 4 members (excludes halogenated alkanes) is 4. The van der Waals surface area contributed by atoms with Crippen molar-refractivity contribution in [3.63, 3.8) is 0 Å². The van der Waals surface area contributed by atoms with Crippen molar-refractivity contribution in [3.05, 3.63) is 5.21 Å². The summed E-state index contributed by atoms with van der Waals surface area (Å²) in [6.07, 6.45) is 7.16. The molecule has 0 saturated heterocycles. The van der Waals surface area contributed by atoms with Crippen LogP contribution in [0.1, 0.15) is 51.9 Å². The third-order valence-electron chi connectivity index (χ3n) is 2.29. The molecule has 0 aromatic rings. The van der Waals surface area contributed by atoms with Crippen LogP contribution in [0.3, 0.4) is 0 Å². The Morgan fingerprint density at radius 1 is 1.07 bits per heavy atom. The number of amides is 1. The Bertz CT molecular complexity index is 152. The highest BCUT2D eigenvalue weighted by Crippen LogP contribution is 2.04. The second-order valence-electron chi connectivity index (χ2n) is 3.76. The summed E-state index contributed by atoms with van der Waals surface area (Å²) in [7, 11) is 0. The van der Waals surface area contributed by atoms with Crippen LogP contribution >= 0.6 is 0 Å². The third-order valence-corrected chi connectivity index (χ3v) is 2.29. The molecule has 0 atom stereocenters. The summed E-state index contributed by atoms with van der Waals surface area (Å²) in [6.45, 7) is 3.19. The van der Waals surface area contributed by atoms with Crippen molar-refractivity contribution in [1.82, 2.24) is 10.8 Å². The van der Waals surface area contributed by atoms with Crippen molar-refractivity contribution < 1.29 is 4.79 Å². The van der Waals surface area contributed by atoms with E-state index in [0.717, 1.165) is 12.8 Å². The van der Waals surface area contributed by atoms with E-state index >= 15 is 0 Å². The number of carbonyl (C=O) groups is 1. The van der Waals surface area contributed by atoms with Gasteiger partial charge in [-0.05, 0) is 19.4 Å². The number of hydrogen-bond acceptors (Lipinski definition) is 3. The van der Waals surface area contributed by atoms with Crippen LogP contribution in [0.25, 0.3) is 0 Å². The molecule has 0 rings (SSSR count). The Kier molecular flexibility index (Phi) is 11.0. The van der Waals surface area contributed by atoms with Crippen LogP contribution in [0.4, 0.5) is 0 Å². The monoisotopic (exact) mass is 215 g/mol. The van der Waals surface area contributed by atoms with E-state index in [1.165, 1.54) is 19.3 Å². The van der Waals surface area contributed by atoms with E-state index in [1.807, 2.05) is 0 Å². The molecular weight excluding hydrogens is 192 g/mol. The first-order chi connectivity index (χ1) is 7.31. The first kappa shape index (κ1) is 14.4. The third kappa shape index (κ3) is 11.3. The minimum Gasteiger partial charge on any atom is -0.788 e. The highest BCUT2D eigenvalue weighted by atomic mass is 16.5. The van der Waals surface area contributed by atoms with Gasteiger partial charge in [-0.1, -0.05) is 32.6 Å². The van der Waals surface area contributed by atoms with Crippen LogP contribution in [0.5, 0.6) is 0 Å². The molecule has 0 unspecified atom stereocenters. The van der Waals surface area contributed by atoms with Crippen molar-refractivity contribution in [2.45, 2.75) is 51.9 Å². The number of hydroxylamine groups is 1. The minimum atomic E-state index is 0.109. The standard InChI is InChI=1S/C11H23N2O2/c1-2-3-4-5-6-8-11(14)12-9-7-10-13-15/h13H,2-10H2,1H3,(H,12,14)/q-1. The molecule has 15 heavy (non-hydrogen) atoms. The van der Waals surface area contributed by atoms with Crippen molar-refractivity contribution in [2.24, 2.45) is 0 Å². The molecule has 4 heteroatoms. The van der Waals surface area contributed by atoms with Crippen molar-refractivity contribution in [1.29, 1.82) is 0 Å². The lowest BCUT2D eigenvalue weighted by molar-refractivity contribution is -0.121. The Morgan fingerprint density at radius 3 is 2.47 bits per heavy atom. The lowest BCUT2D eigenvalue weighted by atomic mass is 10.1. The number of carbonyl (C=O) groups excluding carboxylic acids is 1. The molecule has 1 amide bonds. The van der Waals surface area contributed by atoms with Gasteiger partial charge in [-0.3, -0.25) is 4.79 Å². The highest BCUT2D eigenvalue weighted by Gasteiger charge is 1.99. The van der Waals surface area contributed by atoms with E-state index in [-0.39, 0.29) is 5.91 Å². The van der Waals surface area contributed by atoms with Crippen molar-refractivity contribution >= 4 is 5.91 Å². The summed E-state index contributed by atoms with van der Waals surface area (Å²) >= 11 is 0. The number of nitrogens with one attached hydrogen (secondary N) is 2. The average molecular weight is 215 g/mol. The van der Waals surface area contributed by atoms with Crippen LogP contribution in [-0.4, -0.2) is 19.0 Å². The first-order valence-electron chi connectivity index (χ1n) is 5.93. The zero-order valence-corrected chi connectivity index (χ0v) is 9.68. The largest absolute Gasteiger partial charge is 0.788 e. The quantitative estimate of drug-likeness (QED) is 0.432. The minimum absolute atomic E-state index is 0.109. The van der Waals surface area contributed by atoms with Gasteiger partial charge in [0.25, 0.3) is 0 Å². The summed E-state index contributed by atoms with van der Waals surface area (Å²) in [6, 6.07) is 0. The lowest BCUT2D eigenvalue weighted by Gasteiger charge is -2.08. The molecule has 0 radical (unpaired) electrons. The SMILES string of the molecule is CCCCCCCC(=O)NCCCN[O-]. The Morgan fingerprint density at radius 2 is 1.80 bits per heavy atom. The summed E-state index contributed by atoms with van der Waals surface area (Å²) in [5, 5.41) is 12.7. The molecule has 0 aromatic carbocycles. The number of rotatable bonds is 10. The summed E-state index contributed by atoms with van der Waals surface area (Å²) in [4.78, 5) is 11.2. The van der Waals surface area contributed by atoms with Crippen molar-refractivity contribution in [3.8, 4) is 0 Å². The smallest absolute Gasteiger partial charge is 0.219 e. The molecule has 4 nitrogen and oxygen atoms in total. The van der Waals surface area contributed by atoms with Gasteiger partial charge in [0.15, 0.2) is 0 Å². The number of hydrogen-bond donors (Lipinski definition) is 2. The van der Waals surface area contributed by atoms with E-state index < -0.39 is 0 Å². The van der Waals surface area contributed by atoms with Gasteiger partial charge in [-0.2, -0.15) is 0 Å². The van der Waals surface area contributed by atoms with E-state index in [4.69, 9.17) is 0 Å². The normalized spacial score (nSPS) is 10.3. The van der Waals surface area contributed by atoms with Crippen LogP contribution < -0.4 is 10.8 Å². The van der Waals surface area contributed by atoms with E-state index in [0.29, 0.717) is 25.9 Å². The fourth-order valence-corrected chi connectivity index (χ4v) is 1.37. The molecule has 0 spiro atoms. The molecule has 0 aliphatic carbocycles. The van der Waals surface area contributed by atoms with Gasteiger partial charge in [0.05, 0.1) is 0 Å². The van der Waals surface area contributed by atoms with Crippen LogP contribution in [0.15, 0.2) is 0 Å². The molecule has 0 aliphatic heterocycles.